The lowest BCUT2D eigenvalue weighted by Gasteiger charge is -2.44. The SMILES string of the molecule is CN(C)c1cc(N(C2CC2)C2CCN(CC3(O)CCC3)CC2)ncn1. The molecule has 0 spiro atoms. The number of nitrogens with zero attached hydrogens (tertiary/aromatic N) is 5. The predicted molar refractivity (Wildman–Crippen MR) is 100 cm³/mol. The second kappa shape index (κ2) is 6.72. The van der Waals surface area contributed by atoms with E-state index in [1.807, 2.05) is 19.0 Å². The lowest BCUT2D eigenvalue weighted by Crippen LogP contribution is -2.52. The third kappa shape index (κ3) is 3.75. The predicted octanol–water partition coefficient (Wildman–Crippen LogP) is 1.89. The number of hydrogen-bond donors (Lipinski definition) is 1. The van der Waals surface area contributed by atoms with E-state index in [1.165, 1.54) is 19.3 Å². The molecule has 6 heteroatoms. The smallest absolute Gasteiger partial charge is 0.134 e. The van der Waals surface area contributed by atoms with E-state index in [2.05, 4.69) is 25.8 Å². The normalized spacial score (nSPS) is 24.0. The molecule has 2 aliphatic carbocycles. The minimum absolute atomic E-state index is 0.393. The Morgan fingerprint density at radius 3 is 2.28 bits per heavy atom. The molecule has 0 atom stereocenters. The van der Waals surface area contributed by atoms with Crippen molar-refractivity contribution in [3.05, 3.63) is 12.4 Å². The van der Waals surface area contributed by atoms with Crippen LogP contribution in [0.3, 0.4) is 0 Å². The highest BCUT2D eigenvalue weighted by Crippen LogP contribution is 2.37. The number of anilines is 2. The lowest BCUT2D eigenvalue weighted by atomic mass is 9.79. The fourth-order valence-corrected chi connectivity index (χ4v) is 4.26. The Labute approximate surface area is 150 Å². The summed E-state index contributed by atoms with van der Waals surface area (Å²) in [6, 6.07) is 3.34. The van der Waals surface area contributed by atoms with Crippen molar-refractivity contribution in [1.82, 2.24) is 14.9 Å². The standard InChI is InChI=1S/C19H31N5O/c1-22(2)17-12-18(21-14-20-17)24(15-4-5-15)16-6-10-23(11-7-16)13-19(25)8-3-9-19/h12,14-16,25H,3-11,13H2,1-2H3. The molecule has 6 nitrogen and oxygen atoms in total. The third-order valence-corrected chi connectivity index (χ3v) is 6.05. The molecule has 2 heterocycles. The second-order valence-corrected chi connectivity index (χ2v) is 8.35. The molecule has 0 amide bonds. The van der Waals surface area contributed by atoms with E-state index in [4.69, 9.17) is 0 Å². The first-order valence-corrected chi connectivity index (χ1v) is 9.76. The minimum atomic E-state index is -0.393. The quantitative estimate of drug-likeness (QED) is 0.850. The number of β-amino-alcohol motifs (C(OH)–C–C–N with tert-alkyl or cyclic N) is 1. The Balaban J connectivity index is 1.41. The summed E-state index contributed by atoms with van der Waals surface area (Å²) in [4.78, 5) is 16.0. The first-order valence-electron chi connectivity index (χ1n) is 9.76. The van der Waals surface area contributed by atoms with Crippen LogP contribution < -0.4 is 9.80 Å². The summed E-state index contributed by atoms with van der Waals surface area (Å²) in [7, 11) is 4.05. The van der Waals surface area contributed by atoms with Crippen LogP contribution in [0.1, 0.15) is 44.9 Å². The molecule has 25 heavy (non-hydrogen) atoms. The van der Waals surface area contributed by atoms with Gasteiger partial charge in [0.25, 0.3) is 0 Å². The van der Waals surface area contributed by atoms with Crippen LogP contribution in [0.2, 0.25) is 0 Å². The van der Waals surface area contributed by atoms with Gasteiger partial charge in [0.1, 0.15) is 18.0 Å². The summed E-state index contributed by atoms with van der Waals surface area (Å²) in [6.45, 7) is 3.03. The molecule has 1 aromatic rings. The number of hydrogen-bond acceptors (Lipinski definition) is 6. The van der Waals surface area contributed by atoms with Crippen LogP contribution in [-0.2, 0) is 0 Å². The molecule has 1 aromatic heterocycles. The average molecular weight is 345 g/mol. The van der Waals surface area contributed by atoms with Crippen LogP contribution in [0.5, 0.6) is 0 Å². The van der Waals surface area contributed by atoms with Crippen LogP contribution in [0.15, 0.2) is 12.4 Å². The van der Waals surface area contributed by atoms with Gasteiger partial charge in [0.15, 0.2) is 0 Å². The van der Waals surface area contributed by atoms with Crippen LogP contribution in [0.25, 0.3) is 0 Å². The molecular weight excluding hydrogens is 314 g/mol. The first-order chi connectivity index (χ1) is 12.0. The lowest BCUT2D eigenvalue weighted by molar-refractivity contribution is -0.0622. The Bertz CT molecular complexity index is 591. The van der Waals surface area contributed by atoms with E-state index in [9.17, 15) is 5.11 Å². The number of aliphatic hydroxyl groups is 1. The summed E-state index contributed by atoms with van der Waals surface area (Å²) >= 11 is 0. The largest absolute Gasteiger partial charge is 0.389 e. The van der Waals surface area contributed by atoms with Gasteiger partial charge in [-0.3, -0.25) is 0 Å². The van der Waals surface area contributed by atoms with Crippen molar-refractivity contribution in [3.63, 3.8) is 0 Å². The maximum Gasteiger partial charge on any atom is 0.134 e. The third-order valence-electron chi connectivity index (χ3n) is 6.05. The summed E-state index contributed by atoms with van der Waals surface area (Å²) in [6.07, 6.45) is 9.72. The van der Waals surface area contributed by atoms with Gasteiger partial charge >= 0.3 is 0 Å². The van der Waals surface area contributed by atoms with Gasteiger partial charge in [-0.1, -0.05) is 0 Å². The topological polar surface area (TPSA) is 55.7 Å². The highest BCUT2D eigenvalue weighted by Gasteiger charge is 2.39. The fraction of sp³-hybridized carbons (Fsp3) is 0.789. The summed E-state index contributed by atoms with van der Waals surface area (Å²) in [5.41, 5.74) is -0.393. The number of likely N-dealkylation sites (tertiary alicyclic amines) is 1. The van der Waals surface area contributed by atoms with Crippen molar-refractivity contribution in [1.29, 1.82) is 0 Å². The van der Waals surface area contributed by atoms with Crippen molar-refractivity contribution in [2.45, 2.75) is 62.6 Å². The number of piperidine rings is 1. The Kier molecular flexibility index (Phi) is 4.58. The second-order valence-electron chi connectivity index (χ2n) is 8.35. The van der Waals surface area contributed by atoms with Crippen LogP contribution in [0.4, 0.5) is 11.6 Å². The molecule has 0 bridgehead atoms. The van der Waals surface area contributed by atoms with Crippen molar-refractivity contribution < 1.29 is 5.11 Å². The molecular formula is C19H31N5O. The monoisotopic (exact) mass is 345 g/mol. The van der Waals surface area contributed by atoms with E-state index < -0.39 is 5.60 Å². The maximum absolute atomic E-state index is 10.4. The molecule has 0 aromatic carbocycles. The van der Waals surface area contributed by atoms with Crippen molar-refractivity contribution >= 4 is 11.6 Å². The van der Waals surface area contributed by atoms with Gasteiger partial charge < -0.3 is 19.8 Å². The summed E-state index contributed by atoms with van der Waals surface area (Å²) in [5, 5.41) is 10.4. The maximum atomic E-state index is 10.4. The zero-order valence-corrected chi connectivity index (χ0v) is 15.6. The van der Waals surface area contributed by atoms with Gasteiger partial charge in [-0.2, -0.15) is 0 Å². The Morgan fingerprint density at radius 1 is 1.08 bits per heavy atom. The highest BCUT2D eigenvalue weighted by molar-refractivity contribution is 5.51. The molecule has 1 N–H and O–H groups in total. The molecule has 2 saturated carbocycles. The van der Waals surface area contributed by atoms with Crippen molar-refractivity contribution in [2.24, 2.45) is 0 Å². The van der Waals surface area contributed by atoms with Gasteiger partial charge in [0.2, 0.25) is 0 Å². The molecule has 0 radical (unpaired) electrons. The van der Waals surface area contributed by atoms with Crippen LogP contribution in [-0.4, -0.2) is 71.4 Å². The average Bonchev–Trinajstić information content (AvgIpc) is 3.40. The van der Waals surface area contributed by atoms with Crippen molar-refractivity contribution in [2.75, 3.05) is 43.5 Å². The number of rotatable bonds is 6. The van der Waals surface area contributed by atoms with Crippen LogP contribution in [0, 0.1) is 0 Å². The Morgan fingerprint density at radius 2 is 1.72 bits per heavy atom. The van der Waals surface area contributed by atoms with Gasteiger partial charge in [0.05, 0.1) is 5.60 Å². The molecule has 3 fully saturated rings. The molecule has 1 aliphatic heterocycles. The van der Waals surface area contributed by atoms with Gasteiger partial charge in [-0.15, -0.1) is 0 Å². The molecule has 138 valence electrons. The van der Waals surface area contributed by atoms with E-state index in [-0.39, 0.29) is 0 Å². The van der Waals surface area contributed by atoms with Crippen molar-refractivity contribution in [3.8, 4) is 0 Å². The molecule has 0 unspecified atom stereocenters. The zero-order chi connectivity index (χ0) is 17.4. The van der Waals surface area contributed by atoms with E-state index in [0.29, 0.717) is 12.1 Å². The van der Waals surface area contributed by atoms with E-state index in [1.54, 1.807) is 6.33 Å². The first kappa shape index (κ1) is 17.0. The number of aromatic nitrogens is 2. The molecule has 3 aliphatic rings. The summed E-state index contributed by atoms with van der Waals surface area (Å²) < 4.78 is 0. The van der Waals surface area contributed by atoms with E-state index in [0.717, 1.165) is 57.0 Å². The highest BCUT2D eigenvalue weighted by atomic mass is 16.3. The Hall–Kier alpha value is -1.40. The van der Waals surface area contributed by atoms with Gasteiger partial charge in [0, 0.05) is 51.9 Å². The van der Waals surface area contributed by atoms with Gasteiger partial charge in [-0.25, -0.2) is 9.97 Å². The minimum Gasteiger partial charge on any atom is -0.389 e. The van der Waals surface area contributed by atoms with Crippen LogP contribution >= 0.6 is 0 Å². The summed E-state index contributed by atoms with van der Waals surface area (Å²) in [5.74, 6) is 2.05. The molecule has 1 saturated heterocycles. The fourth-order valence-electron chi connectivity index (χ4n) is 4.26. The van der Waals surface area contributed by atoms with E-state index >= 15 is 0 Å². The van der Waals surface area contributed by atoms with Gasteiger partial charge in [-0.05, 0) is 44.9 Å². The molecule has 4 rings (SSSR count). The zero-order valence-electron chi connectivity index (χ0n) is 15.6.